The van der Waals surface area contributed by atoms with E-state index < -0.39 is 0 Å². The van der Waals surface area contributed by atoms with Gasteiger partial charge in [0.25, 0.3) is 0 Å². The normalized spacial score (nSPS) is 13.8. The summed E-state index contributed by atoms with van der Waals surface area (Å²) in [6, 6.07) is 4.17. The lowest BCUT2D eigenvalue weighted by atomic mass is 9.96. The van der Waals surface area contributed by atoms with E-state index in [0.717, 1.165) is 12.0 Å². The van der Waals surface area contributed by atoms with Gasteiger partial charge in [0.1, 0.15) is 5.15 Å². The van der Waals surface area contributed by atoms with Gasteiger partial charge in [-0.1, -0.05) is 31.0 Å². The van der Waals surface area contributed by atoms with Crippen molar-refractivity contribution in [2.45, 2.75) is 52.1 Å². The largest absolute Gasteiger partial charge is 0.305 e. The summed E-state index contributed by atoms with van der Waals surface area (Å²) >= 11 is 6.07. The molecule has 0 saturated carbocycles. The van der Waals surface area contributed by atoms with Crippen molar-refractivity contribution in [3.8, 4) is 0 Å². The highest BCUT2D eigenvalue weighted by Crippen LogP contribution is 2.23. The maximum absolute atomic E-state index is 6.07. The van der Waals surface area contributed by atoms with Crippen molar-refractivity contribution in [1.29, 1.82) is 0 Å². The van der Waals surface area contributed by atoms with Crippen LogP contribution in [0.2, 0.25) is 5.15 Å². The Kier molecular flexibility index (Phi) is 4.75. The second kappa shape index (κ2) is 5.65. The molecular weight excluding hydrogens is 220 g/mol. The molecule has 2 nitrogen and oxygen atoms in total. The van der Waals surface area contributed by atoms with Crippen molar-refractivity contribution >= 4 is 11.6 Å². The minimum Gasteiger partial charge on any atom is -0.305 e. The molecule has 0 spiro atoms. The first-order valence-corrected chi connectivity index (χ1v) is 6.22. The lowest BCUT2D eigenvalue weighted by Gasteiger charge is -2.30. The first-order chi connectivity index (χ1) is 7.46. The van der Waals surface area contributed by atoms with E-state index >= 15 is 0 Å². The SMILES string of the molecule is CCCC(C)(C)NC(C)c1cccnc1Cl. The molecular formula is C13H21ClN2. The van der Waals surface area contributed by atoms with Crippen molar-refractivity contribution < 1.29 is 0 Å². The maximum atomic E-state index is 6.07. The van der Waals surface area contributed by atoms with Gasteiger partial charge in [-0.05, 0) is 33.3 Å². The van der Waals surface area contributed by atoms with Crippen LogP contribution in [0.4, 0.5) is 0 Å². The topological polar surface area (TPSA) is 24.9 Å². The summed E-state index contributed by atoms with van der Waals surface area (Å²) in [5, 5.41) is 4.18. The lowest BCUT2D eigenvalue weighted by molar-refractivity contribution is 0.323. The number of nitrogens with zero attached hydrogens (tertiary/aromatic N) is 1. The third kappa shape index (κ3) is 3.76. The highest BCUT2D eigenvalue weighted by Gasteiger charge is 2.20. The van der Waals surface area contributed by atoms with E-state index in [2.05, 4.69) is 38.0 Å². The van der Waals surface area contributed by atoms with Crippen LogP contribution >= 0.6 is 11.6 Å². The average molecular weight is 241 g/mol. The first-order valence-electron chi connectivity index (χ1n) is 5.84. The minimum absolute atomic E-state index is 0.132. The van der Waals surface area contributed by atoms with E-state index in [1.54, 1.807) is 6.20 Å². The average Bonchev–Trinajstić information content (AvgIpc) is 2.17. The Morgan fingerprint density at radius 1 is 1.50 bits per heavy atom. The molecule has 0 radical (unpaired) electrons. The predicted octanol–water partition coefficient (Wildman–Crippen LogP) is 3.96. The quantitative estimate of drug-likeness (QED) is 0.788. The Balaban J connectivity index is 2.72. The van der Waals surface area contributed by atoms with Crippen molar-refractivity contribution in [1.82, 2.24) is 10.3 Å². The molecule has 1 aromatic heterocycles. The molecule has 1 N–H and O–H groups in total. The molecule has 0 saturated heterocycles. The van der Waals surface area contributed by atoms with Crippen molar-refractivity contribution in [3.63, 3.8) is 0 Å². The first kappa shape index (κ1) is 13.5. The van der Waals surface area contributed by atoms with Crippen LogP contribution in [0.25, 0.3) is 0 Å². The van der Waals surface area contributed by atoms with Crippen LogP contribution in [0.1, 0.15) is 52.1 Å². The molecule has 1 unspecified atom stereocenters. The summed E-state index contributed by atoms with van der Waals surface area (Å²) in [5.74, 6) is 0. The van der Waals surface area contributed by atoms with Crippen LogP contribution < -0.4 is 5.32 Å². The summed E-state index contributed by atoms with van der Waals surface area (Å²) in [6.45, 7) is 8.76. The van der Waals surface area contributed by atoms with Gasteiger partial charge in [0, 0.05) is 23.3 Å². The molecule has 3 heteroatoms. The Morgan fingerprint density at radius 2 is 2.19 bits per heavy atom. The number of halogens is 1. The number of pyridine rings is 1. The number of aromatic nitrogens is 1. The molecule has 0 fully saturated rings. The molecule has 16 heavy (non-hydrogen) atoms. The molecule has 0 aliphatic carbocycles. The Morgan fingerprint density at radius 3 is 2.75 bits per heavy atom. The molecule has 1 heterocycles. The predicted molar refractivity (Wildman–Crippen MR) is 69.8 cm³/mol. The van der Waals surface area contributed by atoms with Gasteiger partial charge in [0.05, 0.1) is 0 Å². The van der Waals surface area contributed by atoms with Crippen LogP contribution in [0.5, 0.6) is 0 Å². The number of nitrogens with one attached hydrogen (secondary N) is 1. The van der Waals surface area contributed by atoms with E-state index in [-0.39, 0.29) is 11.6 Å². The summed E-state index contributed by atoms with van der Waals surface area (Å²) in [6.07, 6.45) is 4.04. The van der Waals surface area contributed by atoms with Crippen LogP contribution in [-0.2, 0) is 0 Å². The van der Waals surface area contributed by atoms with Crippen LogP contribution in [0.15, 0.2) is 18.3 Å². The van der Waals surface area contributed by atoms with E-state index in [1.807, 2.05) is 12.1 Å². The monoisotopic (exact) mass is 240 g/mol. The van der Waals surface area contributed by atoms with Crippen LogP contribution in [0, 0.1) is 0 Å². The van der Waals surface area contributed by atoms with Crippen molar-refractivity contribution in [3.05, 3.63) is 29.0 Å². The van der Waals surface area contributed by atoms with Gasteiger partial charge in [-0.2, -0.15) is 0 Å². The molecule has 1 aromatic rings. The van der Waals surface area contributed by atoms with Gasteiger partial charge in [-0.3, -0.25) is 0 Å². The second-order valence-corrected chi connectivity index (χ2v) is 5.24. The smallest absolute Gasteiger partial charge is 0.133 e. The van der Waals surface area contributed by atoms with Gasteiger partial charge in [0.2, 0.25) is 0 Å². The van der Waals surface area contributed by atoms with Crippen molar-refractivity contribution in [2.24, 2.45) is 0 Å². The van der Waals surface area contributed by atoms with E-state index in [9.17, 15) is 0 Å². The number of rotatable bonds is 5. The third-order valence-corrected chi connectivity index (χ3v) is 3.05. The summed E-state index contributed by atoms with van der Waals surface area (Å²) < 4.78 is 0. The highest BCUT2D eigenvalue weighted by atomic mass is 35.5. The molecule has 1 atom stereocenters. The minimum atomic E-state index is 0.132. The highest BCUT2D eigenvalue weighted by molar-refractivity contribution is 6.30. The van der Waals surface area contributed by atoms with E-state index in [0.29, 0.717) is 5.15 Å². The zero-order valence-corrected chi connectivity index (χ0v) is 11.3. The van der Waals surface area contributed by atoms with Gasteiger partial charge >= 0.3 is 0 Å². The fourth-order valence-electron chi connectivity index (χ4n) is 2.08. The van der Waals surface area contributed by atoms with Gasteiger partial charge in [0.15, 0.2) is 0 Å². The molecule has 0 amide bonds. The van der Waals surface area contributed by atoms with Gasteiger partial charge in [-0.25, -0.2) is 4.98 Å². The standard InChI is InChI=1S/C13H21ClN2/c1-5-8-13(3,4)16-10(2)11-7-6-9-15-12(11)14/h6-7,9-10,16H,5,8H2,1-4H3. The second-order valence-electron chi connectivity index (χ2n) is 4.88. The lowest BCUT2D eigenvalue weighted by Crippen LogP contribution is -2.40. The van der Waals surface area contributed by atoms with E-state index in [4.69, 9.17) is 11.6 Å². The zero-order chi connectivity index (χ0) is 12.2. The zero-order valence-electron chi connectivity index (χ0n) is 10.5. The molecule has 0 aliphatic rings. The van der Waals surface area contributed by atoms with Gasteiger partial charge < -0.3 is 5.32 Å². The molecule has 0 bridgehead atoms. The Labute approximate surface area is 103 Å². The fraction of sp³-hybridized carbons (Fsp3) is 0.615. The molecule has 1 rings (SSSR count). The summed E-state index contributed by atoms with van der Waals surface area (Å²) in [4.78, 5) is 4.10. The van der Waals surface area contributed by atoms with Crippen LogP contribution in [0.3, 0.4) is 0 Å². The van der Waals surface area contributed by atoms with Crippen molar-refractivity contribution in [2.75, 3.05) is 0 Å². The van der Waals surface area contributed by atoms with Crippen LogP contribution in [-0.4, -0.2) is 10.5 Å². The number of hydrogen-bond donors (Lipinski definition) is 1. The Hall–Kier alpha value is -0.600. The molecule has 0 aliphatic heterocycles. The van der Waals surface area contributed by atoms with Gasteiger partial charge in [-0.15, -0.1) is 0 Å². The summed E-state index contributed by atoms with van der Waals surface area (Å²) in [5.41, 5.74) is 1.20. The molecule has 90 valence electrons. The Bertz CT molecular complexity index is 336. The number of hydrogen-bond acceptors (Lipinski definition) is 2. The fourth-order valence-corrected chi connectivity index (χ4v) is 2.37. The summed E-state index contributed by atoms with van der Waals surface area (Å²) in [7, 11) is 0. The third-order valence-electron chi connectivity index (χ3n) is 2.74. The van der Waals surface area contributed by atoms with E-state index in [1.165, 1.54) is 6.42 Å². The maximum Gasteiger partial charge on any atom is 0.133 e. The molecule has 0 aromatic carbocycles.